The zero-order valence-corrected chi connectivity index (χ0v) is 20.4. The average molecular weight is 470 g/mol. The van der Waals surface area contributed by atoms with E-state index in [0.717, 1.165) is 38.0 Å². The fourth-order valence-electron chi connectivity index (χ4n) is 4.69. The third kappa shape index (κ3) is 6.35. The summed E-state index contributed by atoms with van der Waals surface area (Å²) in [6, 6.07) is 12.8. The molecule has 0 saturated carbocycles. The molecule has 7 heteroatoms. The summed E-state index contributed by atoms with van der Waals surface area (Å²) in [5.74, 6) is -0.232. The SMILES string of the molecule is CCCN(CCC)CCNC(=O)[C@@H]1CCC(=O)N(c2ccc(OC)cc2)[C@@H]1c1ccc(F)cc1. The van der Waals surface area contributed by atoms with E-state index in [1.807, 2.05) is 12.1 Å². The van der Waals surface area contributed by atoms with E-state index in [9.17, 15) is 14.0 Å². The van der Waals surface area contributed by atoms with Gasteiger partial charge in [-0.2, -0.15) is 0 Å². The molecule has 0 aliphatic carbocycles. The second-order valence-electron chi connectivity index (χ2n) is 8.74. The summed E-state index contributed by atoms with van der Waals surface area (Å²) in [4.78, 5) is 30.5. The van der Waals surface area contributed by atoms with Gasteiger partial charge in [-0.1, -0.05) is 26.0 Å². The molecule has 0 aromatic heterocycles. The molecule has 34 heavy (non-hydrogen) atoms. The molecule has 1 aliphatic rings. The Morgan fingerprint density at radius 3 is 2.29 bits per heavy atom. The number of ether oxygens (including phenoxy) is 1. The van der Waals surface area contributed by atoms with Gasteiger partial charge in [0, 0.05) is 25.2 Å². The molecule has 184 valence electrons. The lowest BCUT2D eigenvalue weighted by molar-refractivity contribution is -0.129. The van der Waals surface area contributed by atoms with E-state index in [1.165, 1.54) is 12.1 Å². The third-order valence-corrected chi connectivity index (χ3v) is 6.30. The standard InChI is InChI=1S/C27H36FN3O3/c1-4-17-30(18-5-2)19-16-29-27(33)24-14-15-25(32)31(22-10-12-23(34-3)13-11-22)26(24)20-6-8-21(28)9-7-20/h6-13,24,26H,4-5,14-19H2,1-3H3,(H,29,33)/t24-,26-/m1/s1. The molecule has 1 aliphatic heterocycles. The summed E-state index contributed by atoms with van der Waals surface area (Å²) in [5.41, 5.74) is 1.43. The Hall–Kier alpha value is -2.93. The summed E-state index contributed by atoms with van der Waals surface area (Å²) in [6.07, 6.45) is 2.87. The topological polar surface area (TPSA) is 61.9 Å². The Balaban J connectivity index is 1.84. The smallest absolute Gasteiger partial charge is 0.227 e. The van der Waals surface area contributed by atoms with Gasteiger partial charge < -0.3 is 19.9 Å². The molecule has 1 N–H and O–H groups in total. The highest BCUT2D eigenvalue weighted by atomic mass is 19.1. The van der Waals surface area contributed by atoms with E-state index < -0.39 is 12.0 Å². The molecule has 0 spiro atoms. The lowest BCUT2D eigenvalue weighted by Crippen LogP contribution is -2.49. The zero-order chi connectivity index (χ0) is 24.5. The van der Waals surface area contributed by atoms with Crippen molar-refractivity contribution in [1.82, 2.24) is 10.2 Å². The van der Waals surface area contributed by atoms with Crippen LogP contribution in [0.15, 0.2) is 48.5 Å². The number of nitrogens with one attached hydrogen (secondary N) is 1. The van der Waals surface area contributed by atoms with Gasteiger partial charge in [0.25, 0.3) is 0 Å². The number of hydrogen-bond acceptors (Lipinski definition) is 4. The number of nitrogens with zero attached hydrogens (tertiary/aromatic N) is 2. The van der Waals surface area contributed by atoms with Gasteiger partial charge in [0.15, 0.2) is 0 Å². The van der Waals surface area contributed by atoms with Gasteiger partial charge in [0.2, 0.25) is 11.8 Å². The number of halogens is 1. The van der Waals surface area contributed by atoms with E-state index in [4.69, 9.17) is 4.74 Å². The Labute approximate surface area is 202 Å². The predicted molar refractivity (Wildman–Crippen MR) is 132 cm³/mol. The Kier molecular flexibility index (Phi) is 9.45. The van der Waals surface area contributed by atoms with Crippen LogP contribution in [-0.2, 0) is 9.59 Å². The third-order valence-electron chi connectivity index (χ3n) is 6.30. The number of hydrogen-bond donors (Lipinski definition) is 1. The molecule has 0 radical (unpaired) electrons. The van der Waals surface area contributed by atoms with Crippen LogP contribution in [0.5, 0.6) is 5.75 Å². The van der Waals surface area contributed by atoms with Gasteiger partial charge in [-0.15, -0.1) is 0 Å². The van der Waals surface area contributed by atoms with Crippen LogP contribution in [0.2, 0.25) is 0 Å². The van der Waals surface area contributed by atoms with Crippen LogP contribution >= 0.6 is 0 Å². The first kappa shape index (κ1) is 25.7. The predicted octanol–water partition coefficient (Wildman–Crippen LogP) is 4.56. The van der Waals surface area contributed by atoms with Gasteiger partial charge in [0.1, 0.15) is 11.6 Å². The van der Waals surface area contributed by atoms with Crippen LogP contribution in [-0.4, -0.2) is 50.0 Å². The van der Waals surface area contributed by atoms with Crippen molar-refractivity contribution in [3.63, 3.8) is 0 Å². The average Bonchev–Trinajstić information content (AvgIpc) is 2.84. The number of methoxy groups -OCH3 is 1. The molecule has 1 heterocycles. The molecule has 0 unspecified atom stereocenters. The van der Waals surface area contributed by atoms with Crippen molar-refractivity contribution in [2.75, 3.05) is 38.2 Å². The molecule has 6 nitrogen and oxygen atoms in total. The van der Waals surface area contributed by atoms with E-state index in [1.54, 1.807) is 36.3 Å². The molecule has 2 amide bonds. The molecule has 2 aromatic carbocycles. The van der Waals surface area contributed by atoms with Crippen molar-refractivity contribution in [2.45, 2.75) is 45.6 Å². The Morgan fingerprint density at radius 2 is 1.71 bits per heavy atom. The van der Waals surface area contributed by atoms with Gasteiger partial charge in [-0.05, 0) is 74.3 Å². The highest BCUT2D eigenvalue weighted by Gasteiger charge is 2.41. The van der Waals surface area contributed by atoms with Crippen molar-refractivity contribution in [3.05, 3.63) is 59.9 Å². The Bertz CT molecular complexity index is 927. The minimum absolute atomic E-state index is 0.0550. The van der Waals surface area contributed by atoms with E-state index in [2.05, 4.69) is 24.1 Å². The maximum Gasteiger partial charge on any atom is 0.227 e. The molecular formula is C27H36FN3O3. The van der Waals surface area contributed by atoms with E-state index in [0.29, 0.717) is 24.4 Å². The van der Waals surface area contributed by atoms with Gasteiger partial charge >= 0.3 is 0 Å². The largest absolute Gasteiger partial charge is 0.497 e. The summed E-state index contributed by atoms with van der Waals surface area (Å²) in [5, 5.41) is 3.10. The van der Waals surface area contributed by atoms with E-state index >= 15 is 0 Å². The maximum absolute atomic E-state index is 13.7. The van der Waals surface area contributed by atoms with Crippen molar-refractivity contribution in [3.8, 4) is 5.75 Å². The number of piperidine rings is 1. The first-order chi connectivity index (χ1) is 16.5. The van der Waals surface area contributed by atoms with Crippen LogP contribution in [0, 0.1) is 11.7 Å². The summed E-state index contributed by atoms with van der Waals surface area (Å²) >= 11 is 0. The Morgan fingerprint density at radius 1 is 1.06 bits per heavy atom. The van der Waals surface area contributed by atoms with Crippen LogP contribution in [0.1, 0.15) is 51.1 Å². The summed E-state index contributed by atoms with van der Waals surface area (Å²) < 4.78 is 18.9. The number of carbonyl (C=O) groups excluding carboxylic acids is 2. The van der Waals surface area contributed by atoms with Gasteiger partial charge in [-0.3, -0.25) is 9.59 Å². The van der Waals surface area contributed by atoms with Crippen molar-refractivity contribution in [1.29, 1.82) is 0 Å². The minimum Gasteiger partial charge on any atom is -0.497 e. The second kappa shape index (κ2) is 12.5. The molecule has 1 saturated heterocycles. The van der Waals surface area contributed by atoms with Gasteiger partial charge in [-0.25, -0.2) is 4.39 Å². The zero-order valence-electron chi connectivity index (χ0n) is 20.4. The second-order valence-corrected chi connectivity index (χ2v) is 8.74. The minimum atomic E-state index is -0.516. The molecule has 1 fully saturated rings. The fraction of sp³-hybridized carbons (Fsp3) is 0.481. The lowest BCUT2D eigenvalue weighted by atomic mass is 9.83. The van der Waals surface area contributed by atoms with Crippen LogP contribution in [0.25, 0.3) is 0 Å². The van der Waals surface area contributed by atoms with Crippen molar-refractivity contribution >= 4 is 17.5 Å². The molecule has 2 atom stereocenters. The quantitative estimate of drug-likeness (QED) is 0.524. The number of rotatable bonds is 11. The summed E-state index contributed by atoms with van der Waals surface area (Å²) in [7, 11) is 1.59. The number of carbonyl (C=O) groups is 2. The monoisotopic (exact) mass is 469 g/mol. The number of anilines is 1. The summed E-state index contributed by atoms with van der Waals surface area (Å²) in [6.45, 7) is 7.67. The van der Waals surface area contributed by atoms with Crippen LogP contribution < -0.4 is 15.0 Å². The molecule has 0 bridgehead atoms. The first-order valence-corrected chi connectivity index (χ1v) is 12.2. The van der Waals surface area contributed by atoms with Gasteiger partial charge in [0.05, 0.1) is 19.1 Å². The maximum atomic E-state index is 13.7. The van der Waals surface area contributed by atoms with Crippen molar-refractivity contribution < 1.29 is 18.7 Å². The number of amides is 2. The fourth-order valence-corrected chi connectivity index (χ4v) is 4.69. The highest BCUT2D eigenvalue weighted by molar-refractivity contribution is 5.97. The van der Waals surface area contributed by atoms with Crippen LogP contribution in [0.4, 0.5) is 10.1 Å². The number of benzene rings is 2. The van der Waals surface area contributed by atoms with E-state index in [-0.39, 0.29) is 24.1 Å². The molecular weight excluding hydrogens is 433 g/mol. The van der Waals surface area contributed by atoms with Crippen LogP contribution in [0.3, 0.4) is 0 Å². The van der Waals surface area contributed by atoms with Crippen molar-refractivity contribution in [2.24, 2.45) is 5.92 Å². The molecule has 3 rings (SSSR count). The highest BCUT2D eigenvalue weighted by Crippen LogP contribution is 2.40. The molecule has 2 aromatic rings. The first-order valence-electron chi connectivity index (χ1n) is 12.2. The normalized spacial score (nSPS) is 18.3. The lowest BCUT2D eigenvalue weighted by Gasteiger charge is -2.41.